The lowest BCUT2D eigenvalue weighted by Crippen LogP contribution is -2.38. The molecule has 0 radical (unpaired) electrons. The smallest absolute Gasteiger partial charge is 0.246 e. The molecule has 0 aromatic carbocycles. The van der Waals surface area contributed by atoms with Crippen LogP contribution in [0.3, 0.4) is 0 Å². The number of nitrogens with zero attached hydrogens (tertiary/aromatic N) is 1. The molecule has 4 nitrogen and oxygen atoms in total. The molecule has 1 N–H and O–H groups in total. The summed E-state index contributed by atoms with van der Waals surface area (Å²) >= 11 is 0. The molecular weight excluding hydrogens is 146 g/mol. The number of aliphatic hydroxyl groups excluding tert-OH is 1. The van der Waals surface area contributed by atoms with E-state index in [2.05, 4.69) is 0 Å². The lowest BCUT2D eigenvalue weighted by molar-refractivity contribution is -0.185. The second-order valence-electron chi connectivity index (χ2n) is 2.75. The first kappa shape index (κ1) is 8.49. The molecule has 4 heteroatoms. The zero-order chi connectivity index (χ0) is 8.43. The molecule has 1 saturated heterocycles. The molecule has 0 aliphatic carbocycles. The Morgan fingerprint density at radius 3 is 2.82 bits per heavy atom. The highest BCUT2D eigenvalue weighted by Gasteiger charge is 2.34. The first-order valence-corrected chi connectivity index (χ1v) is 3.71. The molecule has 0 saturated carbocycles. The Hall–Kier alpha value is -0.610. The van der Waals surface area contributed by atoms with Crippen molar-refractivity contribution in [3.05, 3.63) is 0 Å². The standard InChI is InChI=1S/C7H13NO3/c1-5(9)6-3-4-7(10)8(6)11-2/h5-6,9H,3-4H2,1-2H3/t5-,6+/m0/s1. The van der Waals surface area contributed by atoms with E-state index in [0.29, 0.717) is 12.8 Å². The van der Waals surface area contributed by atoms with Crippen molar-refractivity contribution in [1.29, 1.82) is 0 Å². The van der Waals surface area contributed by atoms with Crippen LogP contribution in [-0.4, -0.2) is 35.3 Å². The first-order valence-electron chi connectivity index (χ1n) is 3.71. The molecule has 11 heavy (non-hydrogen) atoms. The first-order chi connectivity index (χ1) is 5.16. The van der Waals surface area contributed by atoms with E-state index in [0.717, 1.165) is 0 Å². The van der Waals surface area contributed by atoms with Crippen molar-refractivity contribution in [1.82, 2.24) is 5.06 Å². The van der Waals surface area contributed by atoms with E-state index >= 15 is 0 Å². The summed E-state index contributed by atoms with van der Waals surface area (Å²) in [5.74, 6) is -0.0431. The molecule has 0 bridgehead atoms. The maximum absolute atomic E-state index is 11.0. The number of hydroxylamine groups is 2. The van der Waals surface area contributed by atoms with E-state index < -0.39 is 6.10 Å². The number of rotatable bonds is 2. The molecule has 64 valence electrons. The van der Waals surface area contributed by atoms with Crippen LogP contribution in [0.1, 0.15) is 19.8 Å². The SMILES string of the molecule is CON1C(=O)CC[C@@H]1[C@H](C)O. The third-order valence-electron chi connectivity index (χ3n) is 1.95. The summed E-state index contributed by atoms with van der Waals surface area (Å²) < 4.78 is 0. The van der Waals surface area contributed by atoms with Crippen molar-refractivity contribution >= 4 is 5.91 Å². The Balaban J connectivity index is 2.61. The summed E-state index contributed by atoms with van der Waals surface area (Å²) in [5.41, 5.74) is 0. The summed E-state index contributed by atoms with van der Waals surface area (Å²) in [4.78, 5) is 15.8. The minimum absolute atomic E-state index is 0.0431. The summed E-state index contributed by atoms with van der Waals surface area (Å²) in [6.45, 7) is 1.66. The van der Waals surface area contributed by atoms with E-state index in [4.69, 9.17) is 4.84 Å². The van der Waals surface area contributed by atoms with Gasteiger partial charge in [-0.05, 0) is 13.3 Å². The van der Waals surface area contributed by atoms with Crippen LogP contribution in [-0.2, 0) is 9.63 Å². The Labute approximate surface area is 65.7 Å². The van der Waals surface area contributed by atoms with E-state index in [1.54, 1.807) is 6.92 Å². The highest BCUT2D eigenvalue weighted by atomic mass is 16.7. The summed E-state index contributed by atoms with van der Waals surface area (Å²) in [6, 6.07) is -0.160. The van der Waals surface area contributed by atoms with Gasteiger partial charge in [-0.1, -0.05) is 0 Å². The Morgan fingerprint density at radius 1 is 1.82 bits per heavy atom. The fourth-order valence-corrected chi connectivity index (χ4v) is 1.36. The van der Waals surface area contributed by atoms with Crippen LogP contribution in [0, 0.1) is 0 Å². The van der Waals surface area contributed by atoms with Crippen LogP contribution in [0.4, 0.5) is 0 Å². The van der Waals surface area contributed by atoms with Gasteiger partial charge in [-0.15, -0.1) is 0 Å². The lowest BCUT2D eigenvalue weighted by Gasteiger charge is -2.23. The van der Waals surface area contributed by atoms with Gasteiger partial charge in [-0.3, -0.25) is 9.63 Å². The molecule has 1 fully saturated rings. The van der Waals surface area contributed by atoms with Crippen LogP contribution >= 0.6 is 0 Å². The highest BCUT2D eigenvalue weighted by molar-refractivity contribution is 5.77. The van der Waals surface area contributed by atoms with Gasteiger partial charge in [0.25, 0.3) is 0 Å². The average Bonchev–Trinajstić information content (AvgIpc) is 2.30. The fourth-order valence-electron chi connectivity index (χ4n) is 1.36. The molecule has 1 amide bonds. The van der Waals surface area contributed by atoms with Gasteiger partial charge in [0.2, 0.25) is 5.91 Å². The summed E-state index contributed by atoms with van der Waals surface area (Å²) in [6.07, 6.45) is 0.648. The average molecular weight is 159 g/mol. The van der Waals surface area contributed by atoms with Gasteiger partial charge in [-0.25, -0.2) is 5.06 Å². The van der Waals surface area contributed by atoms with Crippen molar-refractivity contribution in [2.45, 2.75) is 31.9 Å². The fraction of sp³-hybridized carbons (Fsp3) is 0.857. The lowest BCUT2D eigenvalue weighted by atomic mass is 10.1. The van der Waals surface area contributed by atoms with Gasteiger partial charge in [0.1, 0.15) is 0 Å². The van der Waals surface area contributed by atoms with Crippen LogP contribution in [0.5, 0.6) is 0 Å². The monoisotopic (exact) mass is 159 g/mol. The number of carbonyl (C=O) groups is 1. The van der Waals surface area contributed by atoms with Gasteiger partial charge < -0.3 is 5.11 Å². The van der Waals surface area contributed by atoms with Crippen molar-refractivity contribution < 1.29 is 14.7 Å². The van der Waals surface area contributed by atoms with E-state index in [1.807, 2.05) is 0 Å². The molecule has 0 aromatic rings. The minimum atomic E-state index is -0.513. The quantitative estimate of drug-likeness (QED) is 0.613. The largest absolute Gasteiger partial charge is 0.391 e. The highest BCUT2D eigenvalue weighted by Crippen LogP contribution is 2.20. The van der Waals surface area contributed by atoms with E-state index in [-0.39, 0.29) is 11.9 Å². The predicted molar refractivity (Wildman–Crippen MR) is 38.6 cm³/mol. The Morgan fingerprint density at radius 2 is 2.45 bits per heavy atom. The van der Waals surface area contributed by atoms with Gasteiger partial charge in [0.05, 0.1) is 19.3 Å². The molecule has 0 aromatic heterocycles. The number of amides is 1. The number of carbonyl (C=O) groups excluding carboxylic acids is 1. The van der Waals surface area contributed by atoms with Crippen LogP contribution in [0.25, 0.3) is 0 Å². The van der Waals surface area contributed by atoms with Crippen LogP contribution < -0.4 is 0 Å². The van der Waals surface area contributed by atoms with Gasteiger partial charge in [-0.2, -0.15) is 0 Å². The molecule has 2 atom stereocenters. The predicted octanol–water partition coefficient (Wildman–Crippen LogP) is -0.0804. The number of aliphatic hydroxyl groups is 1. The van der Waals surface area contributed by atoms with Crippen molar-refractivity contribution in [3.63, 3.8) is 0 Å². The molecule has 1 rings (SSSR count). The van der Waals surface area contributed by atoms with E-state index in [1.165, 1.54) is 12.2 Å². The van der Waals surface area contributed by atoms with Crippen molar-refractivity contribution in [2.24, 2.45) is 0 Å². The molecule has 0 unspecified atom stereocenters. The van der Waals surface area contributed by atoms with Crippen LogP contribution in [0.15, 0.2) is 0 Å². The number of hydrogen-bond acceptors (Lipinski definition) is 3. The second-order valence-corrected chi connectivity index (χ2v) is 2.75. The van der Waals surface area contributed by atoms with Crippen molar-refractivity contribution in [2.75, 3.05) is 7.11 Å². The van der Waals surface area contributed by atoms with Crippen LogP contribution in [0.2, 0.25) is 0 Å². The van der Waals surface area contributed by atoms with Gasteiger partial charge >= 0.3 is 0 Å². The Kier molecular flexibility index (Phi) is 2.46. The van der Waals surface area contributed by atoms with Gasteiger partial charge in [0.15, 0.2) is 0 Å². The zero-order valence-corrected chi connectivity index (χ0v) is 6.78. The van der Waals surface area contributed by atoms with E-state index in [9.17, 15) is 9.90 Å². The third kappa shape index (κ3) is 1.52. The number of hydrogen-bond donors (Lipinski definition) is 1. The molecular formula is C7H13NO3. The molecule has 1 heterocycles. The maximum atomic E-state index is 11.0. The minimum Gasteiger partial charge on any atom is -0.391 e. The van der Waals surface area contributed by atoms with Gasteiger partial charge in [0, 0.05) is 6.42 Å². The molecule has 1 aliphatic rings. The second kappa shape index (κ2) is 3.19. The Bertz CT molecular complexity index is 158. The third-order valence-corrected chi connectivity index (χ3v) is 1.95. The topological polar surface area (TPSA) is 49.8 Å². The summed E-state index contributed by atoms with van der Waals surface area (Å²) in [7, 11) is 1.44. The molecule has 0 spiro atoms. The molecule has 1 aliphatic heterocycles. The maximum Gasteiger partial charge on any atom is 0.246 e. The summed E-state index contributed by atoms with van der Waals surface area (Å²) in [5, 5.41) is 10.5. The normalized spacial score (nSPS) is 27.7. The zero-order valence-electron chi connectivity index (χ0n) is 6.78. The van der Waals surface area contributed by atoms with Crippen molar-refractivity contribution in [3.8, 4) is 0 Å².